The Morgan fingerprint density at radius 3 is 2.25 bits per heavy atom. The first kappa shape index (κ1) is 25.5. The number of rotatable bonds is 9. The number of aryl methyl sites for hydroxylation is 1. The number of hydrogen-bond donors (Lipinski definition) is 2. The van der Waals surface area contributed by atoms with Gasteiger partial charge in [-0.1, -0.05) is 24.3 Å². The van der Waals surface area contributed by atoms with Crippen LogP contribution in [0.4, 0.5) is 5.69 Å². The lowest BCUT2D eigenvalue weighted by atomic mass is 10.2. The second kappa shape index (κ2) is 10.2. The van der Waals surface area contributed by atoms with Crippen molar-refractivity contribution in [3.05, 3.63) is 54.1 Å². The minimum atomic E-state index is -3.93. The molecule has 2 aromatic carbocycles. The second-order valence-electron chi connectivity index (χ2n) is 7.08. The largest absolute Gasteiger partial charge is 0.454 e. The Bertz CT molecular complexity index is 1190. The molecule has 1 atom stereocenters. The van der Waals surface area contributed by atoms with Crippen LogP contribution in [0, 0.1) is 6.92 Å². The van der Waals surface area contributed by atoms with Crippen LogP contribution < -0.4 is 10.0 Å². The van der Waals surface area contributed by atoms with Crippen molar-refractivity contribution in [2.75, 3.05) is 26.0 Å². The van der Waals surface area contributed by atoms with Gasteiger partial charge in [0.05, 0.1) is 9.79 Å². The van der Waals surface area contributed by atoms with Crippen LogP contribution in [-0.4, -0.2) is 59.8 Å². The van der Waals surface area contributed by atoms with Crippen molar-refractivity contribution in [3.8, 4) is 0 Å². The highest BCUT2D eigenvalue weighted by molar-refractivity contribution is 7.89. The predicted octanol–water partition coefficient (Wildman–Crippen LogP) is 1.09. The average molecular weight is 484 g/mol. The molecular formula is C20H25N3O7S2. The van der Waals surface area contributed by atoms with Gasteiger partial charge in [-0.05, 0) is 43.7 Å². The first-order valence-electron chi connectivity index (χ1n) is 9.41. The summed E-state index contributed by atoms with van der Waals surface area (Å²) in [7, 11) is -4.85. The number of anilines is 1. The average Bonchev–Trinajstić information content (AvgIpc) is 2.73. The fraction of sp³-hybridized carbons (Fsp3) is 0.300. The Hall–Kier alpha value is -2.80. The Kier molecular flexibility index (Phi) is 8.13. The number of nitrogens with zero attached hydrogens (tertiary/aromatic N) is 1. The van der Waals surface area contributed by atoms with Crippen LogP contribution in [0.3, 0.4) is 0 Å². The highest BCUT2D eigenvalue weighted by Crippen LogP contribution is 2.22. The van der Waals surface area contributed by atoms with E-state index in [2.05, 4.69) is 10.0 Å². The van der Waals surface area contributed by atoms with Crippen molar-refractivity contribution in [2.24, 2.45) is 0 Å². The molecule has 2 aromatic rings. The van der Waals surface area contributed by atoms with Crippen LogP contribution in [0.1, 0.15) is 12.5 Å². The summed E-state index contributed by atoms with van der Waals surface area (Å²) < 4.78 is 57.4. The molecule has 0 saturated heterocycles. The lowest BCUT2D eigenvalue weighted by Gasteiger charge is -2.16. The summed E-state index contributed by atoms with van der Waals surface area (Å²) in [6.45, 7) is 2.24. The van der Waals surface area contributed by atoms with E-state index in [1.807, 2.05) is 0 Å². The lowest BCUT2D eigenvalue weighted by Crippen LogP contribution is -2.40. The van der Waals surface area contributed by atoms with Crippen LogP contribution >= 0.6 is 0 Å². The van der Waals surface area contributed by atoms with Crippen molar-refractivity contribution in [1.29, 1.82) is 0 Å². The molecule has 10 nitrogen and oxygen atoms in total. The van der Waals surface area contributed by atoms with Crippen molar-refractivity contribution >= 4 is 37.6 Å². The maximum atomic E-state index is 12.4. The third kappa shape index (κ3) is 6.36. The van der Waals surface area contributed by atoms with Gasteiger partial charge in [0.1, 0.15) is 6.04 Å². The molecule has 1 unspecified atom stereocenters. The number of sulfonamides is 2. The smallest absolute Gasteiger partial charge is 0.324 e. The third-order valence-electron chi connectivity index (χ3n) is 4.32. The molecule has 0 saturated carbocycles. The molecular weight excluding hydrogens is 458 g/mol. The van der Waals surface area contributed by atoms with E-state index < -0.39 is 44.6 Å². The maximum absolute atomic E-state index is 12.4. The number of amides is 1. The van der Waals surface area contributed by atoms with Crippen LogP contribution in [0.15, 0.2) is 58.3 Å². The highest BCUT2D eigenvalue weighted by atomic mass is 32.2. The summed E-state index contributed by atoms with van der Waals surface area (Å²) in [5.74, 6) is -1.66. The minimum absolute atomic E-state index is 0.0137. The van der Waals surface area contributed by atoms with Gasteiger partial charge in [-0.25, -0.2) is 21.1 Å². The molecule has 0 fully saturated rings. The van der Waals surface area contributed by atoms with Crippen molar-refractivity contribution in [3.63, 3.8) is 0 Å². The number of hydrogen-bond acceptors (Lipinski definition) is 7. The number of ether oxygens (including phenoxy) is 1. The second-order valence-corrected chi connectivity index (χ2v) is 10.9. The first-order valence-corrected chi connectivity index (χ1v) is 12.3. The van der Waals surface area contributed by atoms with Gasteiger partial charge in [0.25, 0.3) is 5.91 Å². The standard InChI is InChI=1S/C20H25N3O7S2/c1-14-10-11-16(12-18(14)32(28,29)23(3)4)21-19(24)13-30-20(25)15(2)22-31(26,27)17-8-6-5-7-9-17/h5-12,15,22H,13H2,1-4H3,(H,21,24). The fourth-order valence-electron chi connectivity index (χ4n) is 2.56. The normalized spacial score (nSPS) is 12.9. The molecule has 0 bridgehead atoms. The number of esters is 1. The first-order chi connectivity index (χ1) is 14.8. The van der Waals surface area contributed by atoms with E-state index in [4.69, 9.17) is 4.74 Å². The Balaban J connectivity index is 1.98. The molecule has 174 valence electrons. The van der Waals surface area contributed by atoms with E-state index in [0.29, 0.717) is 5.56 Å². The Labute approximate surface area is 187 Å². The number of carbonyl (C=O) groups excluding carboxylic acids is 2. The predicted molar refractivity (Wildman–Crippen MR) is 118 cm³/mol. The minimum Gasteiger partial charge on any atom is -0.454 e. The lowest BCUT2D eigenvalue weighted by molar-refractivity contribution is -0.148. The van der Waals surface area contributed by atoms with Gasteiger partial charge in [0.2, 0.25) is 20.0 Å². The van der Waals surface area contributed by atoms with E-state index in [-0.39, 0.29) is 15.5 Å². The van der Waals surface area contributed by atoms with Gasteiger partial charge >= 0.3 is 5.97 Å². The zero-order valence-electron chi connectivity index (χ0n) is 18.0. The van der Waals surface area contributed by atoms with Crippen molar-refractivity contribution in [1.82, 2.24) is 9.03 Å². The summed E-state index contributed by atoms with van der Waals surface area (Å²) in [6.07, 6.45) is 0. The summed E-state index contributed by atoms with van der Waals surface area (Å²) in [4.78, 5) is 24.3. The van der Waals surface area contributed by atoms with Crippen LogP contribution in [0.25, 0.3) is 0 Å². The fourth-order valence-corrected chi connectivity index (χ4v) is 4.92. The van der Waals surface area contributed by atoms with Crippen LogP contribution in [0.2, 0.25) is 0 Å². The van der Waals surface area contributed by atoms with Crippen molar-refractivity contribution in [2.45, 2.75) is 29.7 Å². The Morgan fingerprint density at radius 2 is 1.66 bits per heavy atom. The number of nitrogens with one attached hydrogen (secondary N) is 2. The molecule has 0 aliphatic rings. The molecule has 2 rings (SSSR count). The maximum Gasteiger partial charge on any atom is 0.324 e. The van der Waals surface area contributed by atoms with E-state index in [9.17, 15) is 26.4 Å². The van der Waals surface area contributed by atoms with Crippen LogP contribution in [0.5, 0.6) is 0 Å². The molecule has 0 aromatic heterocycles. The topological polar surface area (TPSA) is 139 Å². The SMILES string of the molecule is Cc1ccc(NC(=O)COC(=O)C(C)NS(=O)(=O)c2ccccc2)cc1S(=O)(=O)N(C)C. The van der Waals surface area contributed by atoms with E-state index in [0.717, 1.165) is 4.31 Å². The molecule has 0 spiro atoms. The number of carbonyl (C=O) groups is 2. The van der Waals surface area contributed by atoms with Gasteiger partial charge in [0.15, 0.2) is 6.61 Å². The summed E-state index contributed by atoms with van der Waals surface area (Å²) in [5, 5.41) is 2.45. The molecule has 2 N–H and O–H groups in total. The highest BCUT2D eigenvalue weighted by Gasteiger charge is 2.24. The molecule has 0 aliphatic carbocycles. The van der Waals surface area contributed by atoms with E-state index >= 15 is 0 Å². The quantitative estimate of drug-likeness (QED) is 0.509. The number of benzene rings is 2. The van der Waals surface area contributed by atoms with Gasteiger partial charge in [-0.3, -0.25) is 9.59 Å². The van der Waals surface area contributed by atoms with E-state index in [1.165, 1.54) is 45.3 Å². The van der Waals surface area contributed by atoms with Gasteiger partial charge in [-0.2, -0.15) is 4.72 Å². The third-order valence-corrected chi connectivity index (χ3v) is 7.83. The summed E-state index contributed by atoms with van der Waals surface area (Å²) in [6, 6.07) is 10.6. The molecule has 0 aliphatic heterocycles. The van der Waals surface area contributed by atoms with Crippen LogP contribution in [-0.2, 0) is 34.4 Å². The zero-order valence-corrected chi connectivity index (χ0v) is 19.7. The molecule has 0 radical (unpaired) electrons. The summed E-state index contributed by atoms with van der Waals surface area (Å²) >= 11 is 0. The van der Waals surface area contributed by atoms with Gasteiger partial charge in [0, 0.05) is 19.8 Å². The van der Waals surface area contributed by atoms with E-state index in [1.54, 1.807) is 31.2 Å². The van der Waals surface area contributed by atoms with Gasteiger partial charge < -0.3 is 10.1 Å². The Morgan fingerprint density at radius 1 is 1.03 bits per heavy atom. The monoisotopic (exact) mass is 483 g/mol. The van der Waals surface area contributed by atoms with Gasteiger partial charge in [-0.15, -0.1) is 0 Å². The summed E-state index contributed by atoms with van der Waals surface area (Å²) in [5.41, 5.74) is 0.706. The molecule has 1 amide bonds. The molecule has 0 heterocycles. The molecule has 32 heavy (non-hydrogen) atoms. The zero-order chi connectivity index (χ0) is 24.1. The molecule has 12 heteroatoms. The van der Waals surface area contributed by atoms with Crippen molar-refractivity contribution < 1.29 is 31.2 Å².